The van der Waals surface area contributed by atoms with Gasteiger partial charge in [0.05, 0.1) is 6.61 Å². The van der Waals surface area contributed by atoms with Gasteiger partial charge in [0.2, 0.25) is 0 Å². The molecule has 0 spiro atoms. The molecule has 92 valence electrons. The number of aliphatic hydroxyl groups is 1. The molecule has 0 bridgehead atoms. The molecule has 0 saturated carbocycles. The molecule has 4 nitrogen and oxygen atoms in total. The van der Waals surface area contributed by atoms with Crippen LogP contribution in [0.4, 0.5) is 0 Å². The summed E-state index contributed by atoms with van der Waals surface area (Å²) in [5.74, 6) is 0. The number of aliphatic hydroxyl groups excluding tert-OH is 1. The number of nitrogens with zero attached hydrogens (tertiary/aromatic N) is 2. The van der Waals surface area contributed by atoms with Gasteiger partial charge in [0, 0.05) is 30.2 Å². The van der Waals surface area contributed by atoms with E-state index in [1.807, 2.05) is 31.8 Å². The number of hydrogen-bond donors (Lipinski definition) is 2. The summed E-state index contributed by atoms with van der Waals surface area (Å²) in [6, 6.07) is 0. The van der Waals surface area contributed by atoms with E-state index >= 15 is 0 Å². The van der Waals surface area contributed by atoms with Crippen molar-refractivity contribution < 1.29 is 5.11 Å². The van der Waals surface area contributed by atoms with Crippen LogP contribution in [0.2, 0.25) is 0 Å². The minimum Gasteiger partial charge on any atom is -0.394 e. The third-order valence-electron chi connectivity index (χ3n) is 2.77. The Morgan fingerprint density at radius 2 is 2.38 bits per heavy atom. The lowest BCUT2D eigenvalue weighted by molar-refractivity contribution is 0.174. The Morgan fingerprint density at radius 3 is 2.81 bits per heavy atom. The van der Waals surface area contributed by atoms with Gasteiger partial charge in [0.1, 0.15) is 0 Å². The van der Waals surface area contributed by atoms with Crippen LogP contribution in [0.5, 0.6) is 0 Å². The largest absolute Gasteiger partial charge is 0.394 e. The average Bonchev–Trinajstić information content (AvgIpc) is 2.64. The number of imidazole rings is 1. The number of rotatable bonds is 6. The monoisotopic (exact) mass is 243 g/mol. The Kier molecular flexibility index (Phi) is 4.83. The van der Waals surface area contributed by atoms with Crippen molar-refractivity contribution in [1.29, 1.82) is 0 Å². The van der Waals surface area contributed by atoms with E-state index in [1.165, 1.54) is 0 Å². The fourth-order valence-corrected chi connectivity index (χ4v) is 2.73. The fraction of sp³-hybridized carbons (Fsp3) is 0.727. The molecule has 0 saturated heterocycles. The zero-order valence-electron chi connectivity index (χ0n) is 10.4. The van der Waals surface area contributed by atoms with Gasteiger partial charge in [-0.15, -0.1) is 0 Å². The molecule has 2 atom stereocenters. The van der Waals surface area contributed by atoms with Gasteiger partial charge in [-0.3, -0.25) is 0 Å². The number of thioether (sulfide) groups is 1. The average molecular weight is 243 g/mol. The van der Waals surface area contributed by atoms with E-state index in [1.54, 1.807) is 18.0 Å². The molecule has 0 radical (unpaired) electrons. The van der Waals surface area contributed by atoms with Crippen LogP contribution in [-0.4, -0.2) is 39.1 Å². The summed E-state index contributed by atoms with van der Waals surface area (Å²) in [6.07, 6.45) is 4.65. The van der Waals surface area contributed by atoms with E-state index in [0.29, 0.717) is 5.25 Å². The minimum absolute atomic E-state index is 0.148. The van der Waals surface area contributed by atoms with Crippen LogP contribution in [0, 0.1) is 0 Å². The van der Waals surface area contributed by atoms with Crippen LogP contribution >= 0.6 is 11.8 Å². The van der Waals surface area contributed by atoms with Gasteiger partial charge in [0.15, 0.2) is 5.16 Å². The lowest BCUT2D eigenvalue weighted by Crippen LogP contribution is -2.45. The molecule has 1 heterocycles. The maximum atomic E-state index is 9.32. The van der Waals surface area contributed by atoms with Gasteiger partial charge in [-0.05, 0) is 20.4 Å². The SMILES string of the molecule is CNC(C)(CO)CC(C)Sc1nccn1C. The zero-order chi connectivity index (χ0) is 12.2. The standard InChI is InChI=1S/C11H21N3OS/c1-9(7-11(2,8-15)12-3)16-10-13-5-6-14(10)4/h5-6,9,12,15H,7-8H2,1-4H3. The molecule has 0 aliphatic heterocycles. The lowest BCUT2D eigenvalue weighted by Gasteiger charge is -2.29. The Hall–Kier alpha value is -0.520. The van der Waals surface area contributed by atoms with Crippen molar-refractivity contribution in [3.63, 3.8) is 0 Å². The fourth-order valence-electron chi connectivity index (χ4n) is 1.57. The van der Waals surface area contributed by atoms with Gasteiger partial charge in [-0.25, -0.2) is 4.98 Å². The summed E-state index contributed by atoms with van der Waals surface area (Å²) in [7, 11) is 3.87. The third-order valence-corrected chi connectivity index (χ3v) is 3.95. The van der Waals surface area contributed by atoms with E-state index < -0.39 is 0 Å². The zero-order valence-corrected chi connectivity index (χ0v) is 11.2. The predicted octanol–water partition coefficient (Wildman–Crippen LogP) is 1.26. The first kappa shape index (κ1) is 13.5. The van der Waals surface area contributed by atoms with Gasteiger partial charge >= 0.3 is 0 Å². The summed E-state index contributed by atoms with van der Waals surface area (Å²) in [5, 5.41) is 13.9. The van der Waals surface area contributed by atoms with Crippen molar-refractivity contribution in [2.24, 2.45) is 7.05 Å². The second kappa shape index (κ2) is 5.70. The molecule has 1 aromatic heterocycles. The maximum Gasteiger partial charge on any atom is 0.167 e. The normalized spacial score (nSPS) is 17.1. The van der Waals surface area contributed by atoms with Gasteiger partial charge in [0.25, 0.3) is 0 Å². The summed E-state index contributed by atoms with van der Waals surface area (Å²) in [5.41, 5.74) is -0.211. The van der Waals surface area contributed by atoms with Crippen LogP contribution in [0.3, 0.4) is 0 Å². The van der Waals surface area contributed by atoms with Crippen molar-refractivity contribution >= 4 is 11.8 Å². The lowest BCUT2D eigenvalue weighted by atomic mass is 9.98. The number of nitrogens with one attached hydrogen (secondary N) is 1. The van der Waals surface area contributed by atoms with E-state index in [4.69, 9.17) is 0 Å². The van der Waals surface area contributed by atoms with Crippen LogP contribution in [0.1, 0.15) is 20.3 Å². The number of aryl methyl sites for hydroxylation is 1. The van der Waals surface area contributed by atoms with Crippen LogP contribution < -0.4 is 5.32 Å². The first-order valence-electron chi connectivity index (χ1n) is 5.44. The number of likely N-dealkylation sites (N-methyl/N-ethyl adjacent to an activating group) is 1. The van der Waals surface area contributed by atoms with Crippen LogP contribution in [0.15, 0.2) is 17.6 Å². The van der Waals surface area contributed by atoms with Crippen LogP contribution in [-0.2, 0) is 7.05 Å². The van der Waals surface area contributed by atoms with E-state index in [-0.39, 0.29) is 12.1 Å². The van der Waals surface area contributed by atoms with Crippen molar-refractivity contribution in [3.8, 4) is 0 Å². The highest BCUT2D eigenvalue weighted by Gasteiger charge is 2.24. The van der Waals surface area contributed by atoms with Gasteiger partial charge in [-0.2, -0.15) is 0 Å². The number of hydrogen-bond acceptors (Lipinski definition) is 4. The maximum absolute atomic E-state index is 9.32. The third kappa shape index (κ3) is 3.50. The molecule has 0 fully saturated rings. The van der Waals surface area contributed by atoms with Crippen LogP contribution in [0.25, 0.3) is 0 Å². The quantitative estimate of drug-likeness (QED) is 0.739. The van der Waals surface area contributed by atoms with E-state index in [0.717, 1.165) is 11.6 Å². The van der Waals surface area contributed by atoms with E-state index in [2.05, 4.69) is 17.2 Å². The van der Waals surface area contributed by atoms with Crippen molar-refractivity contribution in [3.05, 3.63) is 12.4 Å². The highest BCUT2D eigenvalue weighted by atomic mass is 32.2. The van der Waals surface area contributed by atoms with Crippen molar-refractivity contribution in [2.45, 2.75) is 36.2 Å². The van der Waals surface area contributed by atoms with Gasteiger partial charge < -0.3 is 15.0 Å². The molecule has 5 heteroatoms. The van der Waals surface area contributed by atoms with Crippen molar-refractivity contribution in [1.82, 2.24) is 14.9 Å². The Labute approximate surface area is 101 Å². The summed E-state index contributed by atoms with van der Waals surface area (Å²) in [4.78, 5) is 4.28. The molecular weight excluding hydrogens is 222 g/mol. The molecule has 1 rings (SSSR count). The Balaban J connectivity index is 2.53. The Morgan fingerprint density at radius 1 is 1.69 bits per heavy atom. The molecule has 0 aliphatic carbocycles. The first-order valence-corrected chi connectivity index (χ1v) is 6.32. The smallest absolute Gasteiger partial charge is 0.167 e. The summed E-state index contributed by atoms with van der Waals surface area (Å²) in [6.45, 7) is 4.34. The number of aromatic nitrogens is 2. The highest BCUT2D eigenvalue weighted by Crippen LogP contribution is 2.26. The predicted molar refractivity (Wildman–Crippen MR) is 67.7 cm³/mol. The molecule has 2 N–H and O–H groups in total. The van der Waals surface area contributed by atoms with E-state index in [9.17, 15) is 5.11 Å². The molecule has 1 aromatic rings. The molecule has 0 amide bonds. The second-order valence-corrected chi connectivity index (χ2v) is 5.83. The Bertz CT molecular complexity index is 323. The summed E-state index contributed by atoms with van der Waals surface area (Å²) < 4.78 is 2.01. The molecule has 0 aromatic carbocycles. The first-order chi connectivity index (χ1) is 7.50. The van der Waals surface area contributed by atoms with Crippen molar-refractivity contribution in [2.75, 3.05) is 13.7 Å². The summed E-state index contributed by atoms with van der Waals surface area (Å²) >= 11 is 1.74. The second-order valence-electron chi connectivity index (χ2n) is 4.42. The topological polar surface area (TPSA) is 50.1 Å². The highest BCUT2D eigenvalue weighted by molar-refractivity contribution is 7.99. The molecule has 2 unspecified atom stereocenters. The molecule has 0 aliphatic rings. The molecule has 16 heavy (non-hydrogen) atoms. The van der Waals surface area contributed by atoms with Gasteiger partial charge in [-0.1, -0.05) is 18.7 Å². The molecular formula is C11H21N3OS. The minimum atomic E-state index is -0.211.